The molecule has 2 aromatic heterocycles. The highest BCUT2D eigenvalue weighted by Gasteiger charge is 2.22. The van der Waals surface area contributed by atoms with Crippen molar-refractivity contribution in [2.75, 3.05) is 5.73 Å². The van der Waals surface area contributed by atoms with Gasteiger partial charge in [-0.25, -0.2) is 4.98 Å². The van der Waals surface area contributed by atoms with Gasteiger partial charge in [0.25, 0.3) is 0 Å². The Morgan fingerprint density at radius 1 is 0.958 bits per heavy atom. The Balaban J connectivity index is 2.24. The van der Waals surface area contributed by atoms with E-state index in [1.165, 1.54) is 16.9 Å². The normalized spacial score (nSPS) is 11.2. The van der Waals surface area contributed by atoms with Crippen LogP contribution in [0.5, 0.6) is 0 Å². The van der Waals surface area contributed by atoms with Gasteiger partial charge >= 0.3 is 0 Å². The standard InChI is InChI=1S/C20H22N2OS/c1-9-7-11(3)15(8-10(9)2)18(23)19-17(21)16-13(5)12(4)14(6)22-20(16)24-19/h7-8H,21H2,1-6H3. The van der Waals surface area contributed by atoms with Gasteiger partial charge in [0, 0.05) is 16.6 Å². The summed E-state index contributed by atoms with van der Waals surface area (Å²) in [4.78, 5) is 19.2. The zero-order valence-corrected chi connectivity index (χ0v) is 15.8. The highest BCUT2D eigenvalue weighted by atomic mass is 32.1. The average molecular weight is 338 g/mol. The van der Waals surface area contributed by atoms with Crippen LogP contribution < -0.4 is 5.73 Å². The molecule has 24 heavy (non-hydrogen) atoms. The monoisotopic (exact) mass is 338 g/mol. The number of carbonyl (C=O) groups is 1. The third kappa shape index (κ3) is 2.42. The highest BCUT2D eigenvalue weighted by molar-refractivity contribution is 7.21. The second-order valence-corrected chi connectivity index (χ2v) is 7.55. The molecule has 0 saturated carbocycles. The second kappa shape index (κ2) is 5.71. The van der Waals surface area contributed by atoms with E-state index in [1.807, 2.05) is 40.7 Å². The van der Waals surface area contributed by atoms with Crippen LogP contribution in [-0.4, -0.2) is 10.8 Å². The number of rotatable bonds is 2. The molecule has 0 aliphatic rings. The fourth-order valence-electron chi connectivity index (χ4n) is 3.06. The number of nitrogens with two attached hydrogens (primary N) is 1. The molecule has 3 nitrogen and oxygen atoms in total. The van der Waals surface area contributed by atoms with Crippen molar-refractivity contribution < 1.29 is 4.79 Å². The summed E-state index contributed by atoms with van der Waals surface area (Å²) in [5, 5.41) is 0.924. The lowest BCUT2D eigenvalue weighted by atomic mass is 9.96. The number of aryl methyl sites for hydroxylation is 5. The molecule has 2 heterocycles. The molecule has 3 aromatic rings. The number of aromatic nitrogens is 1. The van der Waals surface area contributed by atoms with Gasteiger partial charge in [-0.2, -0.15) is 0 Å². The molecular formula is C20H22N2OS. The number of benzene rings is 1. The van der Waals surface area contributed by atoms with E-state index >= 15 is 0 Å². The minimum atomic E-state index is -0.00851. The first-order valence-corrected chi connectivity index (χ1v) is 8.82. The summed E-state index contributed by atoms with van der Waals surface area (Å²) in [5.74, 6) is -0.00851. The predicted octanol–water partition coefficient (Wildman–Crippen LogP) is 4.96. The molecule has 0 atom stereocenters. The third-order valence-electron chi connectivity index (χ3n) is 4.97. The second-order valence-electron chi connectivity index (χ2n) is 6.55. The molecule has 0 amide bonds. The lowest BCUT2D eigenvalue weighted by Crippen LogP contribution is -2.05. The van der Waals surface area contributed by atoms with E-state index in [0.29, 0.717) is 10.6 Å². The lowest BCUT2D eigenvalue weighted by molar-refractivity contribution is 0.104. The Kier molecular flexibility index (Phi) is 3.96. The molecule has 0 unspecified atom stereocenters. The lowest BCUT2D eigenvalue weighted by Gasteiger charge is -2.09. The Hall–Kier alpha value is -2.20. The number of anilines is 1. The van der Waals surface area contributed by atoms with Gasteiger partial charge in [-0.3, -0.25) is 4.79 Å². The molecular weight excluding hydrogens is 316 g/mol. The fraction of sp³-hybridized carbons (Fsp3) is 0.300. The summed E-state index contributed by atoms with van der Waals surface area (Å²) >= 11 is 1.40. The van der Waals surface area contributed by atoms with Crippen molar-refractivity contribution in [2.24, 2.45) is 0 Å². The van der Waals surface area contributed by atoms with Crippen molar-refractivity contribution in [3.8, 4) is 0 Å². The first-order valence-electron chi connectivity index (χ1n) is 8.00. The maximum Gasteiger partial charge on any atom is 0.205 e. The molecule has 0 aliphatic carbocycles. The molecule has 2 N–H and O–H groups in total. The van der Waals surface area contributed by atoms with Crippen LogP contribution in [-0.2, 0) is 0 Å². The number of ketones is 1. The van der Waals surface area contributed by atoms with Crippen LogP contribution in [0.15, 0.2) is 12.1 Å². The quantitative estimate of drug-likeness (QED) is 0.672. The Labute approximate surface area is 146 Å². The zero-order valence-electron chi connectivity index (χ0n) is 15.0. The van der Waals surface area contributed by atoms with Crippen LogP contribution in [0, 0.1) is 41.5 Å². The van der Waals surface area contributed by atoms with Crippen LogP contribution >= 0.6 is 11.3 Å². The average Bonchev–Trinajstić information content (AvgIpc) is 2.84. The molecule has 1 aromatic carbocycles. The molecule has 3 rings (SSSR count). The van der Waals surface area contributed by atoms with Crippen LogP contribution in [0.3, 0.4) is 0 Å². The molecule has 0 aliphatic heterocycles. The highest BCUT2D eigenvalue weighted by Crippen LogP contribution is 2.38. The molecule has 124 valence electrons. The SMILES string of the molecule is Cc1cc(C)c(C(=O)c2sc3nc(C)c(C)c(C)c3c2N)cc1C. The summed E-state index contributed by atoms with van der Waals surface area (Å²) < 4.78 is 0. The van der Waals surface area contributed by atoms with E-state index in [1.54, 1.807) is 0 Å². The van der Waals surface area contributed by atoms with Gasteiger partial charge in [-0.1, -0.05) is 6.07 Å². The number of thiophene rings is 1. The van der Waals surface area contributed by atoms with E-state index in [4.69, 9.17) is 5.73 Å². The predicted molar refractivity (Wildman–Crippen MR) is 102 cm³/mol. The van der Waals surface area contributed by atoms with Gasteiger partial charge < -0.3 is 5.73 Å². The van der Waals surface area contributed by atoms with Gasteiger partial charge in [-0.15, -0.1) is 11.3 Å². The van der Waals surface area contributed by atoms with Crippen molar-refractivity contribution in [1.82, 2.24) is 4.98 Å². The number of carbonyl (C=O) groups excluding carboxylic acids is 1. The van der Waals surface area contributed by atoms with E-state index in [-0.39, 0.29) is 5.78 Å². The van der Waals surface area contributed by atoms with Crippen molar-refractivity contribution in [1.29, 1.82) is 0 Å². The Morgan fingerprint density at radius 2 is 1.58 bits per heavy atom. The first kappa shape index (κ1) is 16.7. The van der Waals surface area contributed by atoms with Crippen LogP contribution in [0.4, 0.5) is 5.69 Å². The summed E-state index contributed by atoms with van der Waals surface area (Å²) in [5.41, 5.74) is 14.2. The van der Waals surface area contributed by atoms with Gasteiger partial charge in [0.05, 0.1) is 5.69 Å². The van der Waals surface area contributed by atoms with E-state index in [9.17, 15) is 4.79 Å². The van der Waals surface area contributed by atoms with Gasteiger partial charge in [0.15, 0.2) is 0 Å². The summed E-state index contributed by atoms with van der Waals surface area (Å²) in [6, 6.07) is 4.03. The maximum absolute atomic E-state index is 13.1. The van der Waals surface area contributed by atoms with Gasteiger partial charge in [-0.05, 0) is 75.4 Å². The van der Waals surface area contributed by atoms with E-state index in [0.717, 1.165) is 43.7 Å². The maximum atomic E-state index is 13.1. The molecule has 0 radical (unpaired) electrons. The van der Waals surface area contributed by atoms with Crippen LogP contribution in [0.25, 0.3) is 10.2 Å². The zero-order chi connectivity index (χ0) is 17.8. The number of hydrogen-bond acceptors (Lipinski definition) is 4. The number of nitrogen functional groups attached to an aromatic ring is 1. The molecule has 0 saturated heterocycles. The van der Waals surface area contributed by atoms with Crippen molar-refractivity contribution in [2.45, 2.75) is 41.5 Å². The third-order valence-corrected chi connectivity index (χ3v) is 6.07. The summed E-state index contributed by atoms with van der Waals surface area (Å²) in [6.45, 7) is 12.1. The largest absolute Gasteiger partial charge is 0.397 e. The van der Waals surface area contributed by atoms with Crippen LogP contribution in [0.2, 0.25) is 0 Å². The Bertz CT molecular complexity index is 999. The number of pyridine rings is 1. The molecule has 0 fully saturated rings. The summed E-state index contributed by atoms with van der Waals surface area (Å²) in [7, 11) is 0. The molecule has 4 heteroatoms. The minimum Gasteiger partial charge on any atom is -0.397 e. The topological polar surface area (TPSA) is 56.0 Å². The van der Waals surface area contributed by atoms with Gasteiger partial charge in [0.1, 0.15) is 9.71 Å². The smallest absolute Gasteiger partial charge is 0.205 e. The van der Waals surface area contributed by atoms with E-state index < -0.39 is 0 Å². The molecule has 0 spiro atoms. The fourth-order valence-corrected chi connectivity index (χ4v) is 4.22. The van der Waals surface area contributed by atoms with Crippen molar-refractivity contribution >= 4 is 33.0 Å². The molecule has 0 bridgehead atoms. The Morgan fingerprint density at radius 3 is 2.25 bits per heavy atom. The van der Waals surface area contributed by atoms with Gasteiger partial charge in [0.2, 0.25) is 5.78 Å². The number of fused-ring (bicyclic) bond motifs is 1. The summed E-state index contributed by atoms with van der Waals surface area (Å²) in [6.07, 6.45) is 0. The van der Waals surface area contributed by atoms with Crippen molar-refractivity contribution in [3.63, 3.8) is 0 Å². The van der Waals surface area contributed by atoms with Crippen LogP contribution in [0.1, 0.15) is 48.7 Å². The van der Waals surface area contributed by atoms with E-state index in [2.05, 4.69) is 18.0 Å². The van der Waals surface area contributed by atoms with Crippen molar-refractivity contribution in [3.05, 3.63) is 56.1 Å². The first-order chi connectivity index (χ1) is 11.2. The minimum absolute atomic E-state index is 0.00851. The number of hydrogen-bond donors (Lipinski definition) is 1. The number of nitrogens with zero attached hydrogens (tertiary/aromatic N) is 1.